The molecule has 6 aromatic rings. The summed E-state index contributed by atoms with van der Waals surface area (Å²) in [6.07, 6.45) is 1.40. The van der Waals surface area contributed by atoms with Crippen molar-refractivity contribution in [3.8, 4) is 31.3 Å². The third-order valence-electron chi connectivity index (χ3n) is 19.6. The molecule has 4 aliphatic rings. The molecule has 10 rings (SSSR count). The van der Waals surface area contributed by atoms with Crippen LogP contribution in [0.15, 0.2) is 89.3 Å². The van der Waals surface area contributed by atoms with Crippen molar-refractivity contribution in [2.45, 2.75) is 248 Å². The summed E-state index contributed by atoms with van der Waals surface area (Å²) in [5.74, 6) is -3.29. The van der Waals surface area contributed by atoms with Gasteiger partial charge in [-0.1, -0.05) is 155 Å². The van der Waals surface area contributed by atoms with Gasteiger partial charge in [-0.25, -0.2) is 19.3 Å². The van der Waals surface area contributed by atoms with Crippen LogP contribution in [0.4, 0.5) is 4.39 Å². The minimum Gasteiger partial charge on any atom is -0.391 e. The van der Waals surface area contributed by atoms with E-state index in [4.69, 9.17) is 0 Å². The molecule has 3 aromatic carbocycles. The quantitative estimate of drug-likeness (QED) is 0.0272. The van der Waals surface area contributed by atoms with Gasteiger partial charge < -0.3 is 61.9 Å². The first-order valence-corrected chi connectivity index (χ1v) is 40.5. The van der Waals surface area contributed by atoms with Gasteiger partial charge in [0.1, 0.15) is 41.9 Å². The minimum absolute atomic E-state index is 0.0382. The largest absolute Gasteiger partial charge is 0.391 e. The van der Waals surface area contributed by atoms with Crippen molar-refractivity contribution in [1.29, 1.82) is 0 Å². The standard InChI is InChI=1S/C28H38N4O4S.C27H37FN4O4S.C27H38N4O4S/c1-17-25(37-16-30-17)20-10-8-18(9-11-20)14-29-26(35)22-12-21(33)15-32(22)27(36)24(19-6-5-7-19)31-23(34)13-28(2,3)4;1-16-22(37-15-30-16)18-9-7-17(8-10-18)13-29-24(35)20-11-19(33)14-32(20)25(36)23(27(5,6)28)31-21(34)12-26(2,3)4;1-16(2)23(30-22(33)12-27(4,5)6)26(35)31-14-20(32)11-21(31)25(34)28-13-18-7-9-19(10-8-18)24-17(3)29-15-36-24/h8-11,16,19,21-22,24,33H,5-7,12-15H2,1-4H3,(H,29,35)(H,31,34);7-10,15,19-20,23,33H,11-14H2,1-6H3,(H,29,35)(H,31,34);7-10,15-16,20-21,23,32H,11-14H2,1-6H3,(H,28,34)(H,30,33). The van der Waals surface area contributed by atoms with E-state index in [0.29, 0.717) is 19.5 Å². The van der Waals surface area contributed by atoms with Crippen LogP contribution in [0.3, 0.4) is 0 Å². The van der Waals surface area contributed by atoms with E-state index < -0.39 is 78.0 Å². The van der Waals surface area contributed by atoms with Gasteiger partial charge in [0.25, 0.3) is 0 Å². The predicted octanol–water partition coefficient (Wildman–Crippen LogP) is 10.1. The van der Waals surface area contributed by atoms with E-state index in [1.807, 2.05) is 181 Å². The summed E-state index contributed by atoms with van der Waals surface area (Å²) < 4.78 is 15.1. The van der Waals surface area contributed by atoms with Crippen molar-refractivity contribution in [1.82, 2.24) is 61.6 Å². The Labute approximate surface area is 658 Å². The number of hydrogen-bond acceptors (Lipinski definition) is 18. The van der Waals surface area contributed by atoms with Crippen molar-refractivity contribution in [2.75, 3.05) is 19.6 Å². The van der Waals surface area contributed by atoms with Gasteiger partial charge in [-0.15, -0.1) is 34.0 Å². The number of nitrogens with zero attached hydrogens (tertiary/aromatic N) is 6. The number of aryl methyl sites for hydroxylation is 3. The van der Waals surface area contributed by atoms with Crippen LogP contribution < -0.4 is 31.9 Å². The number of aliphatic hydroxyl groups excluding tert-OH is 3. The molecule has 0 bridgehead atoms. The van der Waals surface area contributed by atoms with Crippen LogP contribution in [0.2, 0.25) is 0 Å². The SMILES string of the molecule is Cc1ncsc1-c1ccc(CNC(=O)C2CC(O)CN2C(=O)C(NC(=O)CC(C)(C)C)C(C)(C)F)cc1.Cc1ncsc1-c1ccc(CNC(=O)C2CC(O)CN2C(=O)C(NC(=O)CC(C)(C)C)C(C)C)cc1.Cc1ncsc1-c1ccc(CNC(=O)C2CC(O)CN2C(=O)C(NC(=O)CC(C)(C)C)C2CCC2)cc1. The van der Waals surface area contributed by atoms with Gasteiger partial charge in [-0.2, -0.15) is 0 Å². The van der Waals surface area contributed by atoms with Gasteiger partial charge in [0, 0.05) is 77.8 Å². The molecule has 9 unspecified atom stereocenters. The van der Waals surface area contributed by atoms with Crippen LogP contribution in [-0.4, -0.2) is 178 Å². The van der Waals surface area contributed by atoms with Crippen molar-refractivity contribution in [3.05, 3.63) is 123 Å². The molecule has 3 aromatic heterocycles. The fourth-order valence-corrected chi connectivity index (χ4v) is 16.2. The van der Waals surface area contributed by atoms with E-state index in [9.17, 15) is 58.5 Å². The molecular weight excluding hydrogens is 1460 g/mol. The molecule has 28 heteroatoms. The number of aromatic nitrogens is 3. The van der Waals surface area contributed by atoms with Gasteiger partial charge >= 0.3 is 0 Å². The Balaban J connectivity index is 0.000000207. The van der Waals surface area contributed by atoms with Crippen LogP contribution in [0, 0.1) is 48.9 Å². The van der Waals surface area contributed by atoms with Crippen LogP contribution in [0.5, 0.6) is 0 Å². The lowest BCUT2D eigenvalue weighted by molar-refractivity contribution is -0.145. The van der Waals surface area contributed by atoms with Gasteiger partial charge in [0.15, 0.2) is 0 Å². The summed E-state index contributed by atoms with van der Waals surface area (Å²) in [6, 6.07) is 18.2. The number of halogens is 1. The van der Waals surface area contributed by atoms with Gasteiger partial charge in [-0.05, 0) is 109 Å². The van der Waals surface area contributed by atoms with Crippen LogP contribution in [0.1, 0.15) is 182 Å². The highest BCUT2D eigenvalue weighted by Gasteiger charge is 2.48. The summed E-state index contributed by atoms with van der Waals surface area (Å²) in [5.41, 5.74) is 11.5. The first-order valence-electron chi connectivity index (χ1n) is 37.9. The zero-order valence-corrected chi connectivity index (χ0v) is 68.9. The van der Waals surface area contributed by atoms with Gasteiger partial charge in [-0.3, -0.25) is 43.2 Å². The highest BCUT2D eigenvalue weighted by Crippen LogP contribution is 2.35. The first-order chi connectivity index (χ1) is 51.5. The van der Waals surface area contributed by atoms with E-state index in [1.54, 1.807) is 39.5 Å². The Morgan fingerprint density at radius 2 is 0.773 bits per heavy atom. The minimum atomic E-state index is -2.07. The van der Waals surface area contributed by atoms with Crippen LogP contribution >= 0.6 is 34.0 Å². The monoisotopic (exact) mass is 1570 g/mol. The molecule has 110 heavy (non-hydrogen) atoms. The molecule has 3 saturated heterocycles. The molecule has 9 amide bonds. The molecule has 598 valence electrons. The molecule has 24 nitrogen and oxygen atoms in total. The number of β-amino-alcohol motifs (C(OH)–C–C–N with tert-alkyl or cyclic N) is 3. The molecular formula is C82H113FN12O12S3. The second kappa shape index (κ2) is 37.7. The number of hydrogen-bond donors (Lipinski definition) is 9. The summed E-state index contributed by atoms with van der Waals surface area (Å²) in [7, 11) is 0. The number of amides is 9. The normalized spacial score (nSPS) is 19.6. The predicted molar refractivity (Wildman–Crippen MR) is 426 cm³/mol. The fraction of sp³-hybridized carbons (Fsp3) is 0.561. The van der Waals surface area contributed by atoms with Crippen molar-refractivity contribution < 1.29 is 62.9 Å². The first kappa shape index (κ1) is 87.2. The highest BCUT2D eigenvalue weighted by molar-refractivity contribution is 7.14. The molecule has 0 radical (unpaired) electrons. The topological polar surface area (TPSA) is 335 Å². The third-order valence-corrected chi connectivity index (χ3v) is 22.6. The van der Waals surface area contributed by atoms with Crippen LogP contribution in [-0.2, 0) is 62.8 Å². The molecule has 1 saturated carbocycles. The summed E-state index contributed by atoms with van der Waals surface area (Å²) in [5, 5.41) is 47.9. The number of thiazole rings is 3. The fourth-order valence-electron chi connectivity index (χ4n) is 13.7. The lowest BCUT2D eigenvalue weighted by atomic mass is 9.78. The van der Waals surface area contributed by atoms with Crippen molar-refractivity contribution in [3.63, 3.8) is 0 Å². The Morgan fingerprint density at radius 3 is 1.05 bits per heavy atom. The average Bonchev–Trinajstić information content (AvgIpc) is 1.43. The summed E-state index contributed by atoms with van der Waals surface area (Å²) in [4.78, 5) is 138. The molecule has 6 heterocycles. The molecule has 1 aliphatic carbocycles. The van der Waals surface area contributed by atoms with Gasteiger partial charge in [0.05, 0.1) is 66.6 Å². The number of carbonyl (C=O) groups is 9. The van der Waals surface area contributed by atoms with Crippen LogP contribution in [0.25, 0.3) is 31.3 Å². The zero-order chi connectivity index (χ0) is 80.9. The number of nitrogens with one attached hydrogen (secondary N) is 6. The molecule has 9 N–H and O–H groups in total. The van der Waals surface area contributed by atoms with Gasteiger partial charge in [0.2, 0.25) is 53.2 Å². The number of likely N-dealkylation sites (tertiary alicyclic amines) is 3. The second-order valence-electron chi connectivity index (χ2n) is 34.0. The number of rotatable bonds is 24. The Bertz CT molecular complexity index is 4150. The number of aliphatic hydroxyl groups is 3. The van der Waals surface area contributed by atoms with Crippen molar-refractivity contribution >= 4 is 87.2 Å². The van der Waals surface area contributed by atoms with E-state index in [2.05, 4.69) is 46.9 Å². The number of benzene rings is 3. The number of carbonyl (C=O) groups excluding carboxylic acids is 9. The average molecular weight is 1570 g/mol. The summed E-state index contributed by atoms with van der Waals surface area (Å²) in [6.45, 7) is 30.4. The molecule has 0 spiro atoms. The van der Waals surface area contributed by atoms with E-state index >= 15 is 4.39 Å². The Morgan fingerprint density at radius 1 is 0.464 bits per heavy atom. The summed E-state index contributed by atoms with van der Waals surface area (Å²) >= 11 is 4.74. The molecule has 4 fully saturated rings. The second-order valence-corrected chi connectivity index (χ2v) is 36.6. The van der Waals surface area contributed by atoms with E-state index in [-0.39, 0.29) is 122 Å². The highest BCUT2D eigenvalue weighted by atomic mass is 32.1. The van der Waals surface area contributed by atoms with E-state index in [0.717, 1.165) is 84.4 Å². The molecule has 3 aliphatic heterocycles. The molecule has 9 atom stereocenters. The van der Waals surface area contributed by atoms with Crippen molar-refractivity contribution in [2.24, 2.45) is 28.1 Å². The third kappa shape index (κ3) is 24.8. The Kier molecular flexibility index (Phi) is 29.9. The lowest BCUT2D eigenvalue weighted by Crippen LogP contribution is -2.59. The lowest BCUT2D eigenvalue weighted by Gasteiger charge is -2.37. The maximum Gasteiger partial charge on any atom is 0.249 e. The Hall–Kier alpha value is -8.41. The smallest absolute Gasteiger partial charge is 0.249 e. The zero-order valence-electron chi connectivity index (χ0n) is 66.4. The number of alkyl halides is 1. The maximum atomic E-state index is 15.1. The maximum absolute atomic E-state index is 15.1. The van der Waals surface area contributed by atoms with E-state index in [1.165, 1.54) is 28.5 Å².